The quantitative estimate of drug-likeness (QED) is 0.448. The van der Waals surface area contributed by atoms with Crippen molar-refractivity contribution in [1.82, 2.24) is 14.8 Å². The van der Waals surface area contributed by atoms with E-state index in [1.54, 1.807) is 25.3 Å². The van der Waals surface area contributed by atoms with Crippen molar-refractivity contribution in [1.29, 1.82) is 0 Å². The lowest BCUT2D eigenvalue weighted by molar-refractivity contribution is -0.113. The van der Waals surface area contributed by atoms with E-state index in [0.717, 1.165) is 5.56 Å². The molecule has 0 aliphatic heterocycles. The zero-order valence-electron chi connectivity index (χ0n) is 15.4. The minimum atomic E-state index is -0.508. The normalized spacial score (nSPS) is 10.9. The molecule has 6 nitrogen and oxygen atoms in total. The standard InChI is InChI=1S/C19H17BrClFN4O2S/c1-28-9-8-26-18(12-2-5-14(21)6-3-12)24-25-19(26)29-11-17(27)23-16-7-4-13(20)10-15(16)22/h2-7,10H,8-9,11H2,1H3,(H,23,27). The molecule has 0 aliphatic rings. The van der Waals surface area contributed by atoms with Gasteiger partial charge in [0, 0.05) is 22.2 Å². The van der Waals surface area contributed by atoms with Crippen molar-refractivity contribution in [2.24, 2.45) is 0 Å². The summed E-state index contributed by atoms with van der Waals surface area (Å²) in [5.41, 5.74) is 0.979. The van der Waals surface area contributed by atoms with Gasteiger partial charge in [-0.3, -0.25) is 9.36 Å². The zero-order chi connectivity index (χ0) is 20.8. The number of thioether (sulfide) groups is 1. The lowest BCUT2D eigenvalue weighted by atomic mass is 10.2. The molecule has 2 aromatic carbocycles. The van der Waals surface area contributed by atoms with Crippen LogP contribution in [0.2, 0.25) is 5.02 Å². The molecule has 1 aromatic heterocycles. The topological polar surface area (TPSA) is 69.0 Å². The second-order valence-corrected chi connectivity index (χ2v) is 8.21. The number of rotatable bonds is 8. The van der Waals surface area contributed by atoms with Crippen LogP contribution in [0.1, 0.15) is 0 Å². The van der Waals surface area contributed by atoms with Gasteiger partial charge in [-0.2, -0.15) is 0 Å². The summed E-state index contributed by atoms with van der Waals surface area (Å²) in [5.74, 6) is -0.140. The highest BCUT2D eigenvalue weighted by Crippen LogP contribution is 2.26. The fourth-order valence-corrected chi connectivity index (χ4v) is 3.72. The largest absolute Gasteiger partial charge is 0.383 e. The minimum Gasteiger partial charge on any atom is -0.383 e. The fourth-order valence-electron chi connectivity index (χ4n) is 2.50. The van der Waals surface area contributed by atoms with Gasteiger partial charge in [-0.15, -0.1) is 10.2 Å². The van der Waals surface area contributed by atoms with Crippen molar-refractivity contribution < 1.29 is 13.9 Å². The highest BCUT2D eigenvalue weighted by Gasteiger charge is 2.16. The first kappa shape index (κ1) is 21.8. The first-order chi connectivity index (χ1) is 14.0. The molecule has 10 heteroatoms. The Bertz CT molecular complexity index is 1000. The maximum atomic E-state index is 13.9. The summed E-state index contributed by atoms with van der Waals surface area (Å²) in [6.07, 6.45) is 0. The fraction of sp³-hybridized carbons (Fsp3) is 0.211. The minimum absolute atomic E-state index is 0.0568. The summed E-state index contributed by atoms with van der Waals surface area (Å²) >= 11 is 10.4. The van der Waals surface area contributed by atoms with Crippen LogP contribution >= 0.6 is 39.3 Å². The van der Waals surface area contributed by atoms with Crippen molar-refractivity contribution in [3.05, 3.63) is 57.8 Å². The summed E-state index contributed by atoms with van der Waals surface area (Å²) in [7, 11) is 1.61. The Hall–Kier alpha value is -1.94. The van der Waals surface area contributed by atoms with E-state index in [0.29, 0.717) is 33.6 Å². The van der Waals surface area contributed by atoms with Crippen LogP contribution in [-0.2, 0) is 16.1 Å². The molecule has 0 fully saturated rings. The molecular formula is C19H17BrClFN4O2S. The van der Waals surface area contributed by atoms with Gasteiger partial charge in [-0.05, 0) is 42.5 Å². The summed E-state index contributed by atoms with van der Waals surface area (Å²) in [5, 5.41) is 12.2. The number of carbonyl (C=O) groups excluding carboxylic acids is 1. The number of anilines is 1. The van der Waals surface area contributed by atoms with Crippen LogP contribution < -0.4 is 5.32 Å². The molecule has 0 bridgehead atoms. The summed E-state index contributed by atoms with van der Waals surface area (Å²) in [6.45, 7) is 0.981. The number of carbonyl (C=O) groups is 1. The molecule has 0 radical (unpaired) electrons. The summed E-state index contributed by atoms with van der Waals surface area (Å²) in [4.78, 5) is 12.3. The van der Waals surface area contributed by atoms with Gasteiger partial charge < -0.3 is 10.1 Å². The Morgan fingerprint density at radius 3 is 2.72 bits per heavy atom. The molecular weight excluding hydrogens is 483 g/mol. The van der Waals surface area contributed by atoms with Crippen LogP contribution in [-0.4, -0.2) is 40.1 Å². The number of nitrogens with one attached hydrogen (secondary N) is 1. The predicted molar refractivity (Wildman–Crippen MR) is 116 cm³/mol. The Morgan fingerprint density at radius 1 is 1.28 bits per heavy atom. The lowest BCUT2D eigenvalue weighted by Crippen LogP contribution is -2.16. The SMILES string of the molecule is COCCn1c(SCC(=O)Nc2ccc(Br)cc2F)nnc1-c1ccc(Cl)cc1. The molecule has 29 heavy (non-hydrogen) atoms. The maximum Gasteiger partial charge on any atom is 0.234 e. The Balaban J connectivity index is 1.72. The van der Waals surface area contributed by atoms with Crippen LogP contribution in [0, 0.1) is 5.82 Å². The van der Waals surface area contributed by atoms with E-state index in [9.17, 15) is 9.18 Å². The number of nitrogens with zero attached hydrogens (tertiary/aromatic N) is 3. The third-order valence-electron chi connectivity index (χ3n) is 3.88. The number of amides is 1. The first-order valence-corrected chi connectivity index (χ1v) is 10.7. The van der Waals surface area contributed by atoms with Crippen molar-refractivity contribution in [2.75, 3.05) is 24.8 Å². The van der Waals surface area contributed by atoms with Crippen molar-refractivity contribution in [2.45, 2.75) is 11.7 Å². The van der Waals surface area contributed by atoms with E-state index in [-0.39, 0.29) is 17.3 Å². The molecule has 0 saturated heterocycles. The number of hydrogen-bond donors (Lipinski definition) is 1. The molecule has 0 unspecified atom stereocenters. The molecule has 1 amide bonds. The second kappa shape index (κ2) is 10.2. The number of ether oxygens (including phenoxy) is 1. The molecule has 3 rings (SSSR count). The van der Waals surface area contributed by atoms with Crippen LogP contribution in [0.5, 0.6) is 0 Å². The third kappa shape index (κ3) is 5.79. The van der Waals surface area contributed by atoms with E-state index in [4.69, 9.17) is 16.3 Å². The van der Waals surface area contributed by atoms with Crippen LogP contribution in [0.25, 0.3) is 11.4 Å². The third-order valence-corrected chi connectivity index (χ3v) is 5.59. The number of halogens is 3. The first-order valence-electron chi connectivity index (χ1n) is 8.53. The van der Waals surface area contributed by atoms with E-state index in [1.807, 2.05) is 16.7 Å². The summed E-state index contributed by atoms with van der Waals surface area (Å²) in [6, 6.07) is 11.7. The summed E-state index contributed by atoms with van der Waals surface area (Å²) < 4.78 is 21.6. The second-order valence-electron chi connectivity index (χ2n) is 5.92. The zero-order valence-corrected chi connectivity index (χ0v) is 18.5. The van der Waals surface area contributed by atoms with E-state index < -0.39 is 5.82 Å². The van der Waals surface area contributed by atoms with Crippen molar-refractivity contribution >= 4 is 50.9 Å². The van der Waals surface area contributed by atoms with E-state index in [2.05, 4.69) is 31.4 Å². The van der Waals surface area contributed by atoms with E-state index >= 15 is 0 Å². The smallest absolute Gasteiger partial charge is 0.234 e. The number of methoxy groups -OCH3 is 1. The Labute approximate surface area is 184 Å². The molecule has 0 aliphatic carbocycles. The number of aromatic nitrogens is 3. The molecule has 0 atom stereocenters. The highest BCUT2D eigenvalue weighted by molar-refractivity contribution is 9.10. The van der Waals surface area contributed by atoms with Crippen LogP contribution in [0.4, 0.5) is 10.1 Å². The molecule has 1 N–H and O–H groups in total. The van der Waals surface area contributed by atoms with Gasteiger partial charge in [0.25, 0.3) is 0 Å². The van der Waals surface area contributed by atoms with E-state index in [1.165, 1.54) is 23.9 Å². The molecule has 1 heterocycles. The van der Waals surface area contributed by atoms with Crippen LogP contribution in [0.3, 0.4) is 0 Å². The lowest BCUT2D eigenvalue weighted by Gasteiger charge is -2.10. The highest BCUT2D eigenvalue weighted by atomic mass is 79.9. The molecule has 152 valence electrons. The van der Waals surface area contributed by atoms with Gasteiger partial charge in [-0.25, -0.2) is 4.39 Å². The van der Waals surface area contributed by atoms with Gasteiger partial charge in [0.05, 0.1) is 24.6 Å². The van der Waals surface area contributed by atoms with Gasteiger partial charge in [-0.1, -0.05) is 39.3 Å². The monoisotopic (exact) mass is 498 g/mol. The van der Waals surface area contributed by atoms with Gasteiger partial charge in [0.1, 0.15) is 5.82 Å². The average molecular weight is 500 g/mol. The maximum absolute atomic E-state index is 13.9. The average Bonchev–Trinajstić information content (AvgIpc) is 3.10. The van der Waals surface area contributed by atoms with Crippen LogP contribution in [0.15, 0.2) is 52.1 Å². The van der Waals surface area contributed by atoms with Gasteiger partial charge in [0.15, 0.2) is 11.0 Å². The molecule has 0 spiro atoms. The number of benzene rings is 2. The Morgan fingerprint density at radius 2 is 2.03 bits per heavy atom. The van der Waals surface area contributed by atoms with Gasteiger partial charge in [0.2, 0.25) is 5.91 Å². The Kier molecular flexibility index (Phi) is 7.65. The molecule has 0 saturated carbocycles. The number of hydrogen-bond acceptors (Lipinski definition) is 5. The molecule has 3 aromatic rings. The van der Waals surface area contributed by atoms with Crippen molar-refractivity contribution in [3.63, 3.8) is 0 Å². The predicted octanol–water partition coefficient (Wildman–Crippen LogP) is 4.88. The van der Waals surface area contributed by atoms with Gasteiger partial charge >= 0.3 is 0 Å². The van der Waals surface area contributed by atoms with Crippen molar-refractivity contribution in [3.8, 4) is 11.4 Å².